The Morgan fingerprint density at radius 3 is 2.65 bits per heavy atom. The van der Waals surface area contributed by atoms with E-state index in [1.54, 1.807) is 33.0 Å². The van der Waals surface area contributed by atoms with Gasteiger partial charge in [-0.2, -0.15) is 0 Å². The first-order chi connectivity index (χ1) is 7.83. The van der Waals surface area contributed by atoms with Crippen LogP contribution in [0.25, 0.3) is 0 Å². The monoisotopic (exact) mass is 350 g/mol. The van der Waals surface area contributed by atoms with Crippen LogP contribution in [-0.2, 0) is 4.74 Å². The SMILES string of the molecule is COc1nccc(I)c1NC(=O)OC(C)(C)C. The number of hydrogen-bond donors (Lipinski definition) is 1. The van der Waals surface area contributed by atoms with Crippen LogP contribution in [0.4, 0.5) is 10.5 Å². The first-order valence-electron chi connectivity index (χ1n) is 5.02. The molecule has 0 fully saturated rings. The van der Waals surface area contributed by atoms with Gasteiger partial charge in [0.1, 0.15) is 11.3 Å². The zero-order valence-electron chi connectivity index (χ0n) is 10.2. The lowest BCUT2D eigenvalue weighted by molar-refractivity contribution is 0.0635. The second kappa shape index (κ2) is 5.52. The summed E-state index contributed by atoms with van der Waals surface area (Å²) >= 11 is 2.09. The van der Waals surface area contributed by atoms with E-state index in [9.17, 15) is 4.79 Å². The lowest BCUT2D eigenvalue weighted by atomic mass is 10.2. The number of pyridine rings is 1. The van der Waals surface area contributed by atoms with Gasteiger partial charge in [0.15, 0.2) is 0 Å². The van der Waals surface area contributed by atoms with Crippen LogP contribution in [0.1, 0.15) is 20.8 Å². The summed E-state index contributed by atoms with van der Waals surface area (Å²) in [5.74, 6) is 0.364. The van der Waals surface area contributed by atoms with E-state index in [0.717, 1.165) is 3.57 Å². The number of aromatic nitrogens is 1. The highest BCUT2D eigenvalue weighted by molar-refractivity contribution is 14.1. The van der Waals surface area contributed by atoms with Gasteiger partial charge in [-0.3, -0.25) is 5.32 Å². The number of carbonyl (C=O) groups excluding carboxylic acids is 1. The smallest absolute Gasteiger partial charge is 0.412 e. The molecule has 1 amide bonds. The van der Waals surface area contributed by atoms with Crippen LogP contribution in [0.15, 0.2) is 12.3 Å². The number of hydrogen-bond acceptors (Lipinski definition) is 4. The van der Waals surface area contributed by atoms with Crippen molar-refractivity contribution in [2.75, 3.05) is 12.4 Å². The number of rotatable bonds is 2. The quantitative estimate of drug-likeness (QED) is 0.833. The number of carbonyl (C=O) groups is 1. The Hall–Kier alpha value is -1.05. The molecule has 0 saturated carbocycles. The van der Waals surface area contributed by atoms with E-state index < -0.39 is 11.7 Å². The maximum absolute atomic E-state index is 11.6. The standard InChI is InChI=1S/C11H15IN2O3/c1-11(2,3)17-10(15)14-8-7(12)5-6-13-9(8)16-4/h5-6H,1-4H3,(H,14,15). The van der Waals surface area contributed by atoms with Gasteiger partial charge in [0.25, 0.3) is 0 Å². The van der Waals surface area contributed by atoms with E-state index in [4.69, 9.17) is 9.47 Å². The Morgan fingerprint density at radius 1 is 1.47 bits per heavy atom. The van der Waals surface area contributed by atoms with Gasteiger partial charge < -0.3 is 9.47 Å². The lowest BCUT2D eigenvalue weighted by Gasteiger charge is -2.20. The topological polar surface area (TPSA) is 60.5 Å². The maximum Gasteiger partial charge on any atom is 0.412 e. The Bertz CT molecular complexity index is 416. The third-order valence-electron chi connectivity index (χ3n) is 1.68. The fourth-order valence-electron chi connectivity index (χ4n) is 1.09. The van der Waals surface area contributed by atoms with Crippen molar-refractivity contribution in [2.24, 2.45) is 0 Å². The molecule has 0 aromatic carbocycles. The van der Waals surface area contributed by atoms with Gasteiger partial charge in [0.05, 0.1) is 7.11 Å². The molecule has 0 atom stereocenters. The van der Waals surface area contributed by atoms with Gasteiger partial charge in [-0.25, -0.2) is 9.78 Å². The minimum Gasteiger partial charge on any atom is -0.479 e. The molecule has 0 bridgehead atoms. The molecule has 0 aliphatic heterocycles. The predicted octanol–water partition coefficient (Wildman–Crippen LogP) is 3.04. The van der Waals surface area contributed by atoms with E-state index in [0.29, 0.717) is 11.6 Å². The predicted molar refractivity (Wildman–Crippen MR) is 73.4 cm³/mol. The van der Waals surface area contributed by atoms with Crippen LogP contribution in [-0.4, -0.2) is 23.8 Å². The lowest BCUT2D eigenvalue weighted by Crippen LogP contribution is -2.27. The fourth-order valence-corrected chi connectivity index (χ4v) is 1.62. The number of methoxy groups -OCH3 is 1. The zero-order valence-corrected chi connectivity index (χ0v) is 12.4. The summed E-state index contributed by atoms with van der Waals surface area (Å²) in [6.45, 7) is 5.41. The molecule has 1 aromatic rings. The average molecular weight is 350 g/mol. The number of halogens is 1. The molecule has 0 aliphatic carbocycles. The minimum absolute atomic E-state index is 0.364. The van der Waals surface area contributed by atoms with Crippen LogP contribution in [0.5, 0.6) is 5.88 Å². The summed E-state index contributed by atoms with van der Waals surface area (Å²) in [4.78, 5) is 15.6. The molecular weight excluding hydrogens is 335 g/mol. The van der Waals surface area contributed by atoms with Crippen LogP contribution < -0.4 is 10.1 Å². The summed E-state index contributed by atoms with van der Waals surface area (Å²) in [6.07, 6.45) is 1.09. The highest BCUT2D eigenvalue weighted by Gasteiger charge is 2.19. The van der Waals surface area contributed by atoms with Gasteiger partial charge in [0.2, 0.25) is 5.88 Å². The molecule has 0 spiro atoms. The molecule has 6 heteroatoms. The molecule has 0 unspecified atom stereocenters. The molecule has 0 saturated heterocycles. The highest BCUT2D eigenvalue weighted by atomic mass is 127. The number of nitrogens with zero attached hydrogens (tertiary/aromatic N) is 1. The molecular formula is C11H15IN2O3. The van der Waals surface area contributed by atoms with Crippen molar-refractivity contribution in [3.63, 3.8) is 0 Å². The molecule has 1 rings (SSSR count). The molecule has 17 heavy (non-hydrogen) atoms. The Morgan fingerprint density at radius 2 is 2.12 bits per heavy atom. The van der Waals surface area contributed by atoms with Crippen molar-refractivity contribution >= 4 is 34.4 Å². The van der Waals surface area contributed by atoms with Crippen LogP contribution >= 0.6 is 22.6 Å². The van der Waals surface area contributed by atoms with Crippen molar-refractivity contribution in [3.8, 4) is 5.88 Å². The third-order valence-corrected chi connectivity index (χ3v) is 2.58. The normalized spacial score (nSPS) is 10.9. The zero-order chi connectivity index (χ0) is 13.1. The second-order valence-corrected chi connectivity index (χ2v) is 5.47. The summed E-state index contributed by atoms with van der Waals surface area (Å²) < 4.78 is 11.1. The second-order valence-electron chi connectivity index (χ2n) is 4.30. The average Bonchev–Trinajstić information content (AvgIpc) is 2.18. The minimum atomic E-state index is -0.537. The Balaban J connectivity index is 2.84. The van der Waals surface area contributed by atoms with E-state index in [1.165, 1.54) is 7.11 Å². The largest absolute Gasteiger partial charge is 0.479 e. The van der Waals surface area contributed by atoms with Gasteiger partial charge in [-0.15, -0.1) is 0 Å². The van der Waals surface area contributed by atoms with Gasteiger partial charge in [0, 0.05) is 9.77 Å². The summed E-state index contributed by atoms with van der Waals surface area (Å²) in [7, 11) is 1.50. The number of ether oxygens (including phenoxy) is 2. The first kappa shape index (κ1) is 14.0. The van der Waals surface area contributed by atoms with Gasteiger partial charge >= 0.3 is 6.09 Å². The number of anilines is 1. The van der Waals surface area contributed by atoms with Crippen molar-refractivity contribution in [1.82, 2.24) is 4.98 Å². The summed E-state index contributed by atoms with van der Waals surface area (Å²) in [5.41, 5.74) is -0.0184. The summed E-state index contributed by atoms with van der Waals surface area (Å²) in [6, 6.07) is 1.77. The van der Waals surface area contributed by atoms with Crippen molar-refractivity contribution in [3.05, 3.63) is 15.8 Å². The Kier molecular flexibility index (Phi) is 4.55. The van der Waals surface area contributed by atoms with Crippen molar-refractivity contribution < 1.29 is 14.3 Å². The van der Waals surface area contributed by atoms with Crippen LogP contribution in [0.3, 0.4) is 0 Å². The van der Waals surface area contributed by atoms with Gasteiger partial charge in [-0.1, -0.05) is 0 Å². The number of amides is 1. The van der Waals surface area contributed by atoms with E-state index >= 15 is 0 Å². The molecule has 1 N–H and O–H groups in total. The molecule has 1 aromatic heterocycles. The fraction of sp³-hybridized carbons (Fsp3) is 0.455. The van der Waals surface area contributed by atoms with E-state index in [1.807, 2.05) is 0 Å². The van der Waals surface area contributed by atoms with Crippen LogP contribution in [0.2, 0.25) is 0 Å². The highest BCUT2D eigenvalue weighted by Crippen LogP contribution is 2.27. The molecule has 94 valence electrons. The maximum atomic E-state index is 11.6. The van der Waals surface area contributed by atoms with Crippen LogP contribution in [0, 0.1) is 3.57 Å². The number of nitrogens with one attached hydrogen (secondary N) is 1. The molecule has 1 heterocycles. The third kappa shape index (κ3) is 4.37. The van der Waals surface area contributed by atoms with Crippen molar-refractivity contribution in [2.45, 2.75) is 26.4 Å². The van der Waals surface area contributed by atoms with Gasteiger partial charge in [-0.05, 0) is 49.4 Å². The van der Waals surface area contributed by atoms with E-state index in [2.05, 4.69) is 32.9 Å². The van der Waals surface area contributed by atoms with E-state index in [-0.39, 0.29) is 0 Å². The van der Waals surface area contributed by atoms with Crippen molar-refractivity contribution in [1.29, 1.82) is 0 Å². The first-order valence-corrected chi connectivity index (χ1v) is 6.10. The Labute approximate surface area is 114 Å². The molecule has 0 radical (unpaired) electrons. The molecule has 0 aliphatic rings. The molecule has 5 nitrogen and oxygen atoms in total. The summed E-state index contributed by atoms with van der Waals surface area (Å²) in [5, 5.41) is 2.63.